The van der Waals surface area contributed by atoms with Gasteiger partial charge in [0.15, 0.2) is 0 Å². The Balaban J connectivity index is 0.962. The third kappa shape index (κ3) is 8.43. The molecule has 0 spiro atoms. The number of hydrogen-bond donors (Lipinski definition) is 0. The molecule has 0 aliphatic heterocycles. The Labute approximate surface area is 345 Å². The fourth-order valence-electron chi connectivity index (χ4n) is 8.01. The van der Waals surface area contributed by atoms with Gasteiger partial charge < -0.3 is 9.80 Å². The zero-order chi connectivity index (χ0) is 40.2. The number of para-hydroxylation sites is 2. The molecule has 8 aromatic carbocycles. The van der Waals surface area contributed by atoms with E-state index >= 15 is 0 Å². The summed E-state index contributed by atoms with van der Waals surface area (Å²) in [4.78, 5) is 4.73. The first-order valence-corrected chi connectivity index (χ1v) is 20.2. The van der Waals surface area contributed by atoms with E-state index < -0.39 is 0 Å². The first-order valence-electron chi connectivity index (χ1n) is 20.2. The molecule has 0 bridgehead atoms. The van der Waals surface area contributed by atoms with Gasteiger partial charge in [-0.15, -0.1) is 0 Å². The highest BCUT2D eigenvalue weighted by atomic mass is 15.1. The summed E-state index contributed by atoms with van der Waals surface area (Å²) in [5, 5.41) is 0. The average Bonchev–Trinajstić information content (AvgIpc) is 3.22. The highest BCUT2D eigenvalue weighted by Gasteiger charge is 2.17. The normalized spacial score (nSPS) is 11.2. The van der Waals surface area contributed by atoms with Crippen LogP contribution in [0.1, 0.15) is 44.5 Å². The molecule has 8 aromatic rings. The van der Waals surface area contributed by atoms with E-state index in [4.69, 9.17) is 0 Å². The standard InChI is InChI=1S/C56H50N2/c1-39-33-40(2)36-53(35-39)57(55-13-9-7-11-43(55)5)51-29-25-49(26-30-51)47-21-17-45(18-22-47)15-16-46-19-23-48(24-20-46)50-27-31-52(32-28-50)58(56-14-10-8-12-44(56)6)54-37-41(3)34-42(4)38-54/h7-38H,1-6H3/b16-15+. The Morgan fingerprint density at radius 2 is 0.586 bits per heavy atom. The van der Waals surface area contributed by atoms with Crippen LogP contribution in [0.5, 0.6) is 0 Å². The van der Waals surface area contributed by atoms with Gasteiger partial charge in [0.05, 0.1) is 0 Å². The molecule has 8 rings (SSSR count). The van der Waals surface area contributed by atoms with E-state index in [2.05, 4.69) is 245 Å². The van der Waals surface area contributed by atoms with Crippen molar-refractivity contribution < 1.29 is 0 Å². The maximum absolute atomic E-state index is 2.36. The Kier molecular flexibility index (Phi) is 10.9. The minimum atomic E-state index is 1.14. The minimum absolute atomic E-state index is 1.14. The lowest BCUT2D eigenvalue weighted by Gasteiger charge is -2.28. The van der Waals surface area contributed by atoms with Crippen molar-refractivity contribution in [1.82, 2.24) is 0 Å². The van der Waals surface area contributed by atoms with Gasteiger partial charge in [0.25, 0.3) is 0 Å². The van der Waals surface area contributed by atoms with Gasteiger partial charge in [0.2, 0.25) is 0 Å². The quantitative estimate of drug-likeness (QED) is 0.128. The Bertz CT molecular complexity index is 2470. The van der Waals surface area contributed by atoms with Crippen molar-refractivity contribution >= 4 is 46.3 Å². The first-order chi connectivity index (χ1) is 28.2. The highest BCUT2D eigenvalue weighted by Crippen LogP contribution is 2.40. The largest absolute Gasteiger partial charge is 0.310 e. The fourth-order valence-corrected chi connectivity index (χ4v) is 8.01. The predicted molar refractivity (Wildman–Crippen MR) is 250 cm³/mol. The molecular weight excluding hydrogens is 701 g/mol. The van der Waals surface area contributed by atoms with Gasteiger partial charge in [-0.3, -0.25) is 0 Å². The number of hydrogen-bond acceptors (Lipinski definition) is 2. The van der Waals surface area contributed by atoms with Crippen LogP contribution in [0, 0.1) is 41.5 Å². The van der Waals surface area contributed by atoms with E-state index in [9.17, 15) is 0 Å². The van der Waals surface area contributed by atoms with Crippen molar-refractivity contribution in [2.24, 2.45) is 0 Å². The Morgan fingerprint density at radius 1 is 0.293 bits per heavy atom. The predicted octanol–water partition coefficient (Wildman–Crippen LogP) is 16.0. The van der Waals surface area contributed by atoms with Crippen LogP contribution in [0.15, 0.2) is 182 Å². The van der Waals surface area contributed by atoms with Crippen LogP contribution in [0.25, 0.3) is 34.4 Å². The lowest BCUT2D eigenvalue weighted by atomic mass is 10.0. The van der Waals surface area contributed by atoms with Crippen molar-refractivity contribution in [3.8, 4) is 22.3 Å². The molecule has 0 radical (unpaired) electrons. The second-order valence-electron chi connectivity index (χ2n) is 15.6. The number of aryl methyl sites for hydroxylation is 6. The van der Waals surface area contributed by atoms with Gasteiger partial charge >= 0.3 is 0 Å². The molecule has 0 saturated heterocycles. The summed E-state index contributed by atoms with van der Waals surface area (Å²) >= 11 is 0. The molecule has 2 heteroatoms. The van der Waals surface area contributed by atoms with Gasteiger partial charge in [-0.2, -0.15) is 0 Å². The van der Waals surface area contributed by atoms with Crippen molar-refractivity contribution in [1.29, 1.82) is 0 Å². The second kappa shape index (κ2) is 16.7. The third-order valence-electron chi connectivity index (χ3n) is 10.8. The zero-order valence-corrected chi connectivity index (χ0v) is 34.4. The van der Waals surface area contributed by atoms with E-state index in [0.717, 1.165) is 11.4 Å². The highest BCUT2D eigenvalue weighted by molar-refractivity contribution is 5.82. The van der Waals surface area contributed by atoms with Crippen molar-refractivity contribution in [2.45, 2.75) is 41.5 Å². The van der Waals surface area contributed by atoms with E-state index in [-0.39, 0.29) is 0 Å². The van der Waals surface area contributed by atoms with Crippen molar-refractivity contribution in [3.63, 3.8) is 0 Å². The molecule has 58 heavy (non-hydrogen) atoms. The number of nitrogens with zero attached hydrogens (tertiary/aromatic N) is 2. The summed E-state index contributed by atoms with van der Waals surface area (Å²) in [6, 6.07) is 66.2. The Hall–Kier alpha value is -6.90. The van der Waals surface area contributed by atoms with Crippen LogP contribution >= 0.6 is 0 Å². The Morgan fingerprint density at radius 3 is 0.897 bits per heavy atom. The van der Waals surface area contributed by atoms with Gasteiger partial charge in [-0.1, -0.05) is 133 Å². The second-order valence-corrected chi connectivity index (χ2v) is 15.6. The van der Waals surface area contributed by atoms with E-state index in [1.807, 2.05) is 0 Å². The first kappa shape index (κ1) is 38.0. The fraction of sp³-hybridized carbons (Fsp3) is 0.107. The lowest BCUT2D eigenvalue weighted by Crippen LogP contribution is -2.11. The smallest absolute Gasteiger partial charge is 0.0490 e. The molecule has 2 nitrogen and oxygen atoms in total. The van der Waals surface area contributed by atoms with Crippen LogP contribution in [0.4, 0.5) is 34.1 Å². The molecule has 0 aliphatic rings. The molecule has 0 aliphatic carbocycles. The van der Waals surface area contributed by atoms with Crippen LogP contribution < -0.4 is 9.80 Å². The molecular formula is C56H50N2. The molecule has 0 heterocycles. The molecule has 0 saturated carbocycles. The van der Waals surface area contributed by atoms with Gasteiger partial charge in [0.1, 0.15) is 0 Å². The summed E-state index contributed by atoms with van der Waals surface area (Å²) in [6.07, 6.45) is 4.38. The van der Waals surface area contributed by atoms with Crippen LogP contribution in [0.2, 0.25) is 0 Å². The van der Waals surface area contributed by atoms with Gasteiger partial charge in [-0.05, 0) is 169 Å². The number of benzene rings is 8. The minimum Gasteiger partial charge on any atom is -0.310 e. The van der Waals surface area contributed by atoms with Crippen molar-refractivity contribution in [2.75, 3.05) is 9.80 Å². The number of rotatable bonds is 10. The van der Waals surface area contributed by atoms with E-state index in [1.54, 1.807) is 0 Å². The average molecular weight is 751 g/mol. The topological polar surface area (TPSA) is 6.48 Å². The van der Waals surface area contributed by atoms with Gasteiger partial charge in [0, 0.05) is 34.1 Å². The monoisotopic (exact) mass is 750 g/mol. The summed E-state index contributed by atoms with van der Waals surface area (Å²) in [7, 11) is 0. The van der Waals surface area contributed by atoms with E-state index in [1.165, 1.54) is 89.5 Å². The summed E-state index contributed by atoms with van der Waals surface area (Å²) in [5.41, 5.74) is 21.7. The number of anilines is 6. The van der Waals surface area contributed by atoms with Crippen LogP contribution in [-0.4, -0.2) is 0 Å². The van der Waals surface area contributed by atoms with Crippen LogP contribution in [0.3, 0.4) is 0 Å². The maximum atomic E-state index is 2.36. The lowest BCUT2D eigenvalue weighted by molar-refractivity contribution is 1.23. The molecule has 0 aromatic heterocycles. The molecule has 0 atom stereocenters. The SMILES string of the molecule is Cc1cc(C)cc(N(c2ccc(-c3ccc(/C=C/c4ccc(-c5ccc(N(c6cc(C)cc(C)c6)c6ccccc6C)cc5)cc4)cc3)cc2)c2ccccc2C)c1. The third-order valence-corrected chi connectivity index (χ3v) is 10.8. The molecule has 0 unspecified atom stereocenters. The molecule has 0 fully saturated rings. The summed E-state index contributed by atoms with van der Waals surface area (Å²) < 4.78 is 0. The summed E-state index contributed by atoms with van der Waals surface area (Å²) in [6.45, 7) is 13.0. The molecule has 0 amide bonds. The summed E-state index contributed by atoms with van der Waals surface area (Å²) in [5.74, 6) is 0. The molecule has 284 valence electrons. The van der Waals surface area contributed by atoms with Gasteiger partial charge in [-0.25, -0.2) is 0 Å². The van der Waals surface area contributed by atoms with Crippen LogP contribution in [-0.2, 0) is 0 Å². The van der Waals surface area contributed by atoms with Crippen molar-refractivity contribution in [3.05, 3.63) is 226 Å². The zero-order valence-electron chi connectivity index (χ0n) is 34.4. The maximum Gasteiger partial charge on any atom is 0.0490 e. The molecule has 0 N–H and O–H groups in total. The van der Waals surface area contributed by atoms with E-state index in [0.29, 0.717) is 0 Å².